The van der Waals surface area contributed by atoms with E-state index in [9.17, 15) is 4.79 Å². The summed E-state index contributed by atoms with van der Waals surface area (Å²) in [6.07, 6.45) is 0.609. The number of nitrogen functional groups attached to an aromatic ring is 2. The summed E-state index contributed by atoms with van der Waals surface area (Å²) in [5.41, 5.74) is 15.4. The van der Waals surface area contributed by atoms with Crippen LogP contribution in [0.4, 0.5) is 17.3 Å². The van der Waals surface area contributed by atoms with Crippen molar-refractivity contribution in [1.29, 1.82) is 0 Å². The number of fused-ring (bicyclic) bond motifs is 1. The molecule has 0 bridgehead atoms. The highest BCUT2D eigenvalue weighted by Gasteiger charge is 2.20. The third-order valence-electron chi connectivity index (χ3n) is 4.60. The highest BCUT2D eigenvalue weighted by Crippen LogP contribution is 2.31. The maximum atomic E-state index is 12.8. The van der Waals surface area contributed by atoms with Crippen molar-refractivity contribution in [2.24, 2.45) is 0 Å². The van der Waals surface area contributed by atoms with Crippen molar-refractivity contribution in [3.05, 3.63) is 54.1 Å². The summed E-state index contributed by atoms with van der Waals surface area (Å²) in [4.78, 5) is 25.8. The van der Waals surface area contributed by atoms with Crippen LogP contribution in [0, 0.1) is 6.92 Å². The summed E-state index contributed by atoms with van der Waals surface area (Å²) in [5.74, 6) is 0.442. The molecular weight excluding hydrogens is 428 g/mol. The van der Waals surface area contributed by atoms with E-state index in [2.05, 4.69) is 34.3 Å². The Bertz CT molecular complexity index is 1220. The van der Waals surface area contributed by atoms with Gasteiger partial charge in [0.1, 0.15) is 16.6 Å². The second-order valence-corrected chi connectivity index (χ2v) is 9.27. The first-order chi connectivity index (χ1) is 14.9. The number of rotatable bonds is 6. The number of benzene rings is 2. The van der Waals surface area contributed by atoms with Crippen LogP contribution in [0.3, 0.4) is 0 Å². The van der Waals surface area contributed by atoms with Crippen LogP contribution >= 0.6 is 23.1 Å². The van der Waals surface area contributed by atoms with Gasteiger partial charge < -0.3 is 16.8 Å². The molecule has 1 atom stereocenters. The molecule has 4 rings (SSSR count). The van der Waals surface area contributed by atoms with Crippen molar-refractivity contribution >= 4 is 56.5 Å². The summed E-state index contributed by atoms with van der Waals surface area (Å²) < 4.78 is 1.17. The first-order valence-corrected chi connectivity index (χ1v) is 11.5. The lowest BCUT2D eigenvalue weighted by Crippen LogP contribution is -2.24. The number of thioether (sulfide) groups is 1. The molecule has 0 spiro atoms. The van der Waals surface area contributed by atoms with E-state index in [1.165, 1.54) is 28.1 Å². The van der Waals surface area contributed by atoms with Gasteiger partial charge in [-0.15, -0.1) is 11.3 Å². The minimum atomic E-state index is -0.367. The van der Waals surface area contributed by atoms with Gasteiger partial charge in [0, 0.05) is 17.3 Å². The molecule has 158 valence electrons. The number of carbonyl (C=O) groups excluding carboxylic acids is 1. The Morgan fingerprint density at radius 3 is 2.45 bits per heavy atom. The molecule has 0 saturated heterocycles. The van der Waals surface area contributed by atoms with Crippen molar-refractivity contribution in [3.8, 4) is 10.6 Å². The molecule has 2 aromatic carbocycles. The second-order valence-electron chi connectivity index (χ2n) is 7.07. The van der Waals surface area contributed by atoms with E-state index in [0.717, 1.165) is 21.8 Å². The smallest absolute Gasteiger partial charge is 0.237 e. The lowest BCUT2D eigenvalue weighted by Gasteiger charge is -2.14. The van der Waals surface area contributed by atoms with Crippen LogP contribution in [0.15, 0.2) is 53.7 Å². The van der Waals surface area contributed by atoms with Gasteiger partial charge in [0.15, 0.2) is 5.16 Å². The fourth-order valence-corrected chi connectivity index (χ4v) is 5.01. The molecule has 0 unspecified atom stereocenters. The SMILES string of the molecule is CC[C@H](Sc1nc(N)cc(N)n1)C(=O)Nc1ccc(-c2nc3ccc(C)cc3s2)cc1. The number of hydrogen-bond donors (Lipinski definition) is 3. The molecule has 0 saturated carbocycles. The number of aryl methyl sites for hydroxylation is 1. The zero-order valence-electron chi connectivity index (χ0n) is 17.1. The molecular formula is C22H22N6OS2. The zero-order valence-corrected chi connectivity index (χ0v) is 18.8. The average molecular weight is 451 g/mol. The number of carbonyl (C=O) groups is 1. The van der Waals surface area contributed by atoms with E-state index in [0.29, 0.717) is 11.6 Å². The minimum Gasteiger partial charge on any atom is -0.383 e. The summed E-state index contributed by atoms with van der Waals surface area (Å²) in [7, 11) is 0. The van der Waals surface area contributed by atoms with Crippen LogP contribution in [0.25, 0.3) is 20.8 Å². The normalized spacial score (nSPS) is 12.1. The Hall–Kier alpha value is -3.17. The molecule has 0 aliphatic heterocycles. The van der Waals surface area contributed by atoms with Gasteiger partial charge in [-0.25, -0.2) is 15.0 Å². The van der Waals surface area contributed by atoms with Crippen LogP contribution in [-0.2, 0) is 4.79 Å². The van der Waals surface area contributed by atoms with Crippen molar-refractivity contribution in [3.63, 3.8) is 0 Å². The van der Waals surface area contributed by atoms with Gasteiger partial charge in [0.2, 0.25) is 5.91 Å². The Kier molecular flexibility index (Phi) is 6.06. The van der Waals surface area contributed by atoms with Crippen LogP contribution in [-0.4, -0.2) is 26.1 Å². The first-order valence-electron chi connectivity index (χ1n) is 9.76. The minimum absolute atomic E-state index is 0.125. The first kappa shape index (κ1) is 21.1. The van der Waals surface area contributed by atoms with Crippen molar-refractivity contribution in [1.82, 2.24) is 15.0 Å². The van der Waals surface area contributed by atoms with Crippen molar-refractivity contribution in [2.75, 3.05) is 16.8 Å². The van der Waals surface area contributed by atoms with E-state index >= 15 is 0 Å². The highest BCUT2D eigenvalue weighted by atomic mass is 32.2. The van der Waals surface area contributed by atoms with Gasteiger partial charge in [-0.1, -0.05) is 24.8 Å². The number of nitrogens with one attached hydrogen (secondary N) is 1. The van der Waals surface area contributed by atoms with Crippen LogP contribution in [0.5, 0.6) is 0 Å². The summed E-state index contributed by atoms with van der Waals surface area (Å²) >= 11 is 2.91. The predicted molar refractivity (Wildman–Crippen MR) is 129 cm³/mol. The number of aromatic nitrogens is 3. The Labute approximate surface area is 188 Å². The Morgan fingerprint density at radius 1 is 1.06 bits per heavy atom. The van der Waals surface area contributed by atoms with E-state index in [1.54, 1.807) is 11.3 Å². The highest BCUT2D eigenvalue weighted by molar-refractivity contribution is 8.00. The predicted octanol–water partition coefficient (Wildman–Crippen LogP) is 4.74. The number of anilines is 3. The van der Waals surface area contributed by atoms with E-state index in [4.69, 9.17) is 16.5 Å². The molecule has 9 heteroatoms. The summed E-state index contributed by atoms with van der Waals surface area (Å²) in [6.45, 7) is 4.01. The Morgan fingerprint density at radius 2 is 1.77 bits per heavy atom. The topological polar surface area (TPSA) is 120 Å². The largest absolute Gasteiger partial charge is 0.383 e. The summed E-state index contributed by atoms with van der Waals surface area (Å²) in [6, 6.07) is 15.4. The van der Waals surface area contributed by atoms with E-state index < -0.39 is 0 Å². The van der Waals surface area contributed by atoms with Gasteiger partial charge in [-0.3, -0.25) is 4.79 Å². The number of nitrogens with two attached hydrogens (primary N) is 2. The molecule has 0 radical (unpaired) electrons. The van der Waals surface area contributed by atoms with Gasteiger partial charge in [0.05, 0.1) is 15.5 Å². The van der Waals surface area contributed by atoms with Crippen LogP contribution in [0.1, 0.15) is 18.9 Å². The molecule has 7 nitrogen and oxygen atoms in total. The Balaban J connectivity index is 1.46. The van der Waals surface area contributed by atoms with E-state index in [1.807, 2.05) is 37.3 Å². The number of nitrogens with zero attached hydrogens (tertiary/aromatic N) is 3. The molecule has 4 aromatic rings. The van der Waals surface area contributed by atoms with Gasteiger partial charge >= 0.3 is 0 Å². The van der Waals surface area contributed by atoms with Crippen molar-refractivity contribution < 1.29 is 4.79 Å². The molecule has 0 aliphatic carbocycles. The van der Waals surface area contributed by atoms with Gasteiger partial charge in [0.25, 0.3) is 0 Å². The molecule has 31 heavy (non-hydrogen) atoms. The number of thiazole rings is 1. The fourth-order valence-electron chi connectivity index (χ4n) is 3.04. The van der Waals surface area contributed by atoms with Crippen molar-refractivity contribution in [2.45, 2.75) is 30.7 Å². The summed E-state index contributed by atoms with van der Waals surface area (Å²) in [5, 5.41) is 3.94. The maximum absolute atomic E-state index is 12.8. The zero-order chi connectivity index (χ0) is 22.0. The van der Waals surface area contributed by atoms with Gasteiger partial charge in [-0.2, -0.15) is 0 Å². The maximum Gasteiger partial charge on any atom is 0.237 e. The molecule has 5 N–H and O–H groups in total. The van der Waals surface area contributed by atoms with Crippen LogP contribution < -0.4 is 16.8 Å². The van der Waals surface area contributed by atoms with E-state index in [-0.39, 0.29) is 22.8 Å². The fraction of sp³-hybridized carbons (Fsp3) is 0.182. The number of hydrogen-bond acceptors (Lipinski definition) is 8. The monoisotopic (exact) mass is 450 g/mol. The molecule has 1 amide bonds. The molecule has 2 aromatic heterocycles. The van der Waals surface area contributed by atoms with Gasteiger partial charge in [-0.05, 0) is 55.3 Å². The molecule has 0 aliphatic rings. The standard InChI is InChI=1S/C22H22N6OS2/c1-3-16(31-22-27-18(23)11-19(24)28-22)20(29)25-14-7-5-13(6-8-14)21-26-15-9-4-12(2)10-17(15)30-21/h4-11,16H,3H2,1-2H3,(H,25,29)(H4,23,24,27,28)/t16-/m0/s1. The lowest BCUT2D eigenvalue weighted by atomic mass is 10.2. The molecule has 2 heterocycles. The lowest BCUT2D eigenvalue weighted by molar-refractivity contribution is -0.115. The average Bonchev–Trinajstić information content (AvgIpc) is 3.15. The third-order valence-corrected chi connectivity index (χ3v) is 6.89. The van der Waals surface area contributed by atoms with Crippen LogP contribution in [0.2, 0.25) is 0 Å². The number of amides is 1. The second kappa shape index (κ2) is 8.91. The quantitative estimate of drug-likeness (QED) is 0.287. The third kappa shape index (κ3) is 4.95. The molecule has 0 fully saturated rings.